The first-order valence-electron chi connectivity index (χ1n) is 6.63. The third-order valence-corrected chi connectivity index (χ3v) is 4.11. The third kappa shape index (κ3) is 3.08. The van der Waals surface area contributed by atoms with Crippen molar-refractivity contribution in [1.82, 2.24) is 15.5 Å². The van der Waals surface area contributed by atoms with Crippen LogP contribution in [0.1, 0.15) is 31.3 Å². The highest BCUT2D eigenvalue weighted by Crippen LogP contribution is 2.33. The molecule has 0 aliphatic carbocycles. The first-order valence-corrected chi connectivity index (χ1v) is 7.45. The van der Waals surface area contributed by atoms with Crippen LogP contribution in [-0.2, 0) is 0 Å². The number of phenolic OH excluding ortho intramolecular Hbond substituents is 1. The highest BCUT2D eigenvalue weighted by atomic mass is 32.1. The molecule has 0 aliphatic rings. The Bertz CT molecular complexity index is 571. The molecule has 1 atom stereocenters. The van der Waals surface area contributed by atoms with Crippen molar-refractivity contribution in [2.24, 2.45) is 0 Å². The summed E-state index contributed by atoms with van der Waals surface area (Å²) in [6.07, 6.45) is 0.969. The van der Waals surface area contributed by atoms with Gasteiger partial charge in [-0.15, -0.1) is 10.2 Å². The maximum absolute atomic E-state index is 9.82. The van der Waals surface area contributed by atoms with Gasteiger partial charge < -0.3 is 15.2 Å². The van der Waals surface area contributed by atoms with E-state index in [1.54, 1.807) is 23.5 Å². The number of aromatic hydroxyl groups is 1. The molecule has 0 saturated carbocycles. The molecule has 0 fully saturated rings. The molecule has 0 amide bonds. The molecule has 1 aromatic carbocycles. The molecule has 0 aliphatic heterocycles. The average molecular weight is 293 g/mol. The summed E-state index contributed by atoms with van der Waals surface area (Å²) >= 11 is 1.54. The van der Waals surface area contributed by atoms with Gasteiger partial charge in [-0.05, 0) is 31.2 Å². The van der Waals surface area contributed by atoms with Crippen molar-refractivity contribution in [2.75, 3.05) is 13.7 Å². The van der Waals surface area contributed by atoms with Gasteiger partial charge in [0.15, 0.2) is 11.5 Å². The fraction of sp³-hybridized carbons (Fsp3) is 0.429. The highest BCUT2D eigenvalue weighted by molar-refractivity contribution is 7.14. The van der Waals surface area contributed by atoms with Gasteiger partial charge >= 0.3 is 0 Å². The zero-order valence-electron chi connectivity index (χ0n) is 11.9. The van der Waals surface area contributed by atoms with Crippen LogP contribution in [0.5, 0.6) is 11.5 Å². The van der Waals surface area contributed by atoms with E-state index in [1.165, 1.54) is 7.11 Å². The Morgan fingerprint density at radius 2 is 2.15 bits per heavy atom. The molecule has 20 heavy (non-hydrogen) atoms. The SMILES string of the molecule is CCNC(CC)c1nnc(-c2ccc(OC)c(O)c2)s1. The molecular weight excluding hydrogens is 274 g/mol. The lowest BCUT2D eigenvalue weighted by atomic mass is 10.2. The van der Waals surface area contributed by atoms with E-state index in [9.17, 15) is 5.11 Å². The molecule has 0 saturated heterocycles. The van der Waals surface area contributed by atoms with Crippen molar-refractivity contribution in [3.05, 3.63) is 23.2 Å². The number of benzene rings is 1. The summed E-state index contributed by atoms with van der Waals surface area (Å²) in [5.41, 5.74) is 0.846. The minimum atomic E-state index is 0.112. The van der Waals surface area contributed by atoms with Gasteiger partial charge in [-0.2, -0.15) is 0 Å². The number of nitrogens with one attached hydrogen (secondary N) is 1. The zero-order valence-corrected chi connectivity index (χ0v) is 12.7. The topological polar surface area (TPSA) is 67.3 Å². The molecular formula is C14H19N3O2S. The molecule has 0 bridgehead atoms. The second-order valence-electron chi connectivity index (χ2n) is 4.35. The first-order chi connectivity index (χ1) is 9.69. The predicted octanol–water partition coefficient (Wildman–Crippen LogP) is 2.98. The largest absolute Gasteiger partial charge is 0.504 e. The monoisotopic (exact) mass is 293 g/mol. The van der Waals surface area contributed by atoms with Crippen LogP contribution in [0.3, 0.4) is 0 Å². The van der Waals surface area contributed by atoms with Crippen molar-refractivity contribution < 1.29 is 9.84 Å². The molecule has 108 valence electrons. The quantitative estimate of drug-likeness (QED) is 0.857. The third-order valence-electron chi connectivity index (χ3n) is 3.02. The van der Waals surface area contributed by atoms with E-state index in [0.717, 1.165) is 28.5 Å². The van der Waals surface area contributed by atoms with Gasteiger partial charge in [0.2, 0.25) is 0 Å². The van der Waals surface area contributed by atoms with Crippen molar-refractivity contribution in [2.45, 2.75) is 26.3 Å². The zero-order chi connectivity index (χ0) is 14.5. The van der Waals surface area contributed by atoms with Gasteiger partial charge in [0, 0.05) is 5.56 Å². The lowest BCUT2D eigenvalue weighted by molar-refractivity contribution is 0.373. The Morgan fingerprint density at radius 3 is 2.75 bits per heavy atom. The Morgan fingerprint density at radius 1 is 1.35 bits per heavy atom. The predicted molar refractivity (Wildman–Crippen MR) is 80.3 cm³/mol. The van der Waals surface area contributed by atoms with Crippen LogP contribution in [0, 0.1) is 0 Å². The Kier molecular flexibility index (Phi) is 4.92. The van der Waals surface area contributed by atoms with Crippen molar-refractivity contribution in [1.29, 1.82) is 0 Å². The normalized spacial score (nSPS) is 12.3. The van der Waals surface area contributed by atoms with Crippen LogP contribution < -0.4 is 10.1 Å². The van der Waals surface area contributed by atoms with Gasteiger partial charge in [0.1, 0.15) is 10.0 Å². The Hall–Kier alpha value is -1.66. The van der Waals surface area contributed by atoms with Crippen LogP contribution >= 0.6 is 11.3 Å². The number of rotatable bonds is 6. The van der Waals surface area contributed by atoms with Gasteiger partial charge in [-0.1, -0.05) is 25.2 Å². The summed E-state index contributed by atoms with van der Waals surface area (Å²) in [7, 11) is 1.53. The molecule has 2 rings (SSSR count). The van der Waals surface area contributed by atoms with Crippen molar-refractivity contribution >= 4 is 11.3 Å². The summed E-state index contributed by atoms with van der Waals surface area (Å²) in [5.74, 6) is 0.568. The van der Waals surface area contributed by atoms with E-state index < -0.39 is 0 Å². The molecule has 0 spiro atoms. The van der Waals surface area contributed by atoms with E-state index in [1.807, 2.05) is 6.07 Å². The molecule has 2 aromatic rings. The number of nitrogens with zero attached hydrogens (tertiary/aromatic N) is 2. The van der Waals surface area contributed by atoms with Crippen LogP contribution in [0.4, 0.5) is 0 Å². The summed E-state index contributed by atoms with van der Waals surface area (Å²) in [6.45, 7) is 5.09. The van der Waals surface area contributed by atoms with E-state index in [2.05, 4.69) is 29.4 Å². The number of aromatic nitrogens is 2. The lowest BCUT2D eigenvalue weighted by Crippen LogP contribution is -2.19. The summed E-state index contributed by atoms with van der Waals surface area (Å²) < 4.78 is 5.04. The van der Waals surface area contributed by atoms with Crippen molar-refractivity contribution in [3.8, 4) is 22.1 Å². The van der Waals surface area contributed by atoms with Crippen molar-refractivity contribution in [3.63, 3.8) is 0 Å². The number of ether oxygens (including phenoxy) is 1. The van der Waals surface area contributed by atoms with Crippen LogP contribution in [0.2, 0.25) is 0 Å². The second-order valence-corrected chi connectivity index (χ2v) is 5.36. The number of methoxy groups -OCH3 is 1. The number of hydrogen-bond donors (Lipinski definition) is 2. The maximum Gasteiger partial charge on any atom is 0.160 e. The molecule has 6 heteroatoms. The van der Waals surface area contributed by atoms with E-state index in [-0.39, 0.29) is 11.8 Å². The van der Waals surface area contributed by atoms with Gasteiger partial charge in [0.25, 0.3) is 0 Å². The molecule has 2 N–H and O–H groups in total. The summed E-state index contributed by atoms with van der Waals surface area (Å²) in [5, 5.41) is 23.4. The fourth-order valence-electron chi connectivity index (χ4n) is 1.97. The van der Waals surface area contributed by atoms with Crippen LogP contribution in [0.25, 0.3) is 10.6 Å². The molecule has 1 heterocycles. The molecule has 5 nitrogen and oxygen atoms in total. The van der Waals surface area contributed by atoms with Crippen LogP contribution in [-0.4, -0.2) is 29.0 Å². The summed E-state index contributed by atoms with van der Waals surface area (Å²) in [6, 6.07) is 5.49. The van der Waals surface area contributed by atoms with Crippen LogP contribution in [0.15, 0.2) is 18.2 Å². The molecule has 1 aromatic heterocycles. The minimum Gasteiger partial charge on any atom is -0.504 e. The van der Waals surface area contributed by atoms with Gasteiger partial charge in [-0.25, -0.2) is 0 Å². The first kappa shape index (κ1) is 14.7. The second kappa shape index (κ2) is 6.67. The standard InChI is InChI=1S/C14H19N3O2S/c1-4-10(15-5-2)14-17-16-13(20-14)9-6-7-12(19-3)11(18)8-9/h6-8,10,15,18H,4-5H2,1-3H3. The fourth-order valence-corrected chi connectivity index (χ4v) is 2.97. The van der Waals surface area contributed by atoms with E-state index in [0.29, 0.717) is 5.75 Å². The molecule has 0 radical (unpaired) electrons. The van der Waals surface area contributed by atoms with E-state index in [4.69, 9.17) is 4.74 Å². The Balaban J connectivity index is 2.26. The molecule has 1 unspecified atom stereocenters. The van der Waals surface area contributed by atoms with Gasteiger partial charge in [-0.3, -0.25) is 0 Å². The van der Waals surface area contributed by atoms with Gasteiger partial charge in [0.05, 0.1) is 13.2 Å². The minimum absolute atomic E-state index is 0.112. The average Bonchev–Trinajstić information content (AvgIpc) is 2.94. The van der Waals surface area contributed by atoms with E-state index >= 15 is 0 Å². The maximum atomic E-state index is 9.82. The highest BCUT2D eigenvalue weighted by Gasteiger charge is 2.15. The number of hydrogen-bond acceptors (Lipinski definition) is 6. The smallest absolute Gasteiger partial charge is 0.160 e. The summed E-state index contributed by atoms with van der Waals surface area (Å²) in [4.78, 5) is 0. The Labute approximate surface area is 122 Å². The lowest BCUT2D eigenvalue weighted by Gasteiger charge is -2.11. The number of phenols is 1.